The third-order valence-electron chi connectivity index (χ3n) is 3.62. The van der Waals surface area contributed by atoms with E-state index in [4.69, 9.17) is 11.5 Å². The van der Waals surface area contributed by atoms with Crippen LogP contribution in [0.25, 0.3) is 0 Å². The van der Waals surface area contributed by atoms with E-state index in [1.807, 2.05) is 13.8 Å². The van der Waals surface area contributed by atoms with Gasteiger partial charge in [-0.1, -0.05) is 0 Å². The molecule has 1 rings (SSSR count). The second-order valence-corrected chi connectivity index (χ2v) is 5.57. The van der Waals surface area contributed by atoms with Gasteiger partial charge in [0.1, 0.15) is 0 Å². The fourth-order valence-corrected chi connectivity index (χ4v) is 2.48. The molecule has 1 aliphatic rings. The highest BCUT2D eigenvalue weighted by Gasteiger charge is 2.25. The summed E-state index contributed by atoms with van der Waals surface area (Å²) in [6.07, 6.45) is 4.52. The van der Waals surface area contributed by atoms with Crippen molar-refractivity contribution in [2.24, 2.45) is 17.4 Å². The smallest absolute Gasteiger partial charge is 0.237 e. The van der Waals surface area contributed by atoms with Crippen LogP contribution in [-0.2, 0) is 9.59 Å². The number of primary amides is 1. The van der Waals surface area contributed by atoms with Gasteiger partial charge in [0.15, 0.2) is 0 Å². The SMILES string of the molecule is CC(C)N(CC(N)=O)C(=O)CC1CCC(N)CC1. The number of amides is 2. The fourth-order valence-electron chi connectivity index (χ4n) is 2.48. The topological polar surface area (TPSA) is 89.4 Å². The highest BCUT2D eigenvalue weighted by molar-refractivity contribution is 5.84. The molecular weight excluding hydrogens is 230 g/mol. The minimum absolute atomic E-state index is 0.0100. The maximum absolute atomic E-state index is 12.2. The third kappa shape index (κ3) is 4.64. The van der Waals surface area contributed by atoms with Gasteiger partial charge < -0.3 is 16.4 Å². The van der Waals surface area contributed by atoms with Crippen molar-refractivity contribution in [3.05, 3.63) is 0 Å². The standard InChI is InChI=1S/C13H25N3O2/c1-9(2)16(8-12(15)17)13(18)7-10-3-5-11(14)6-4-10/h9-11H,3-8,14H2,1-2H3,(H2,15,17). The molecule has 0 aliphatic heterocycles. The highest BCUT2D eigenvalue weighted by Crippen LogP contribution is 2.26. The summed E-state index contributed by atoms with van der Waals surface area (Å²) < 4.78 is 0. The lowest BCUT2D eigenvalue weighted by Crippen LogP contribution is -2.43. The molecule has 0 spiro atoms. The van der Waals surface area contributed by atoms with E-state index in [-0.39, 0.29) is 18.5 Å². The summed E-state index contributed by atoms with van der Waals surface area (Å²) in [6.45, 7) is 3.82. The Kier molecular flexibility index (Phi) is 5.59. The van der Waals surface area contributed by atoms with Gasteiger partial charge >= 0.3 is 0 Å². The maximum atomic E-state index is 12.2. The molecule has 5 heteroatoms. The van der Waals surface area contributed by atoms with Crippen molar-refractivity contribution in [1.82, 2.24) is 4.90 Å². The summed E-state index contributed by atoms with van der Waals surface area (Å²) in [6, 6.07) is 0.305. The van der Waals surface area contributed by atoms with Crippen LogP contribution in [0.5, 0.6) is 0 Å². The van der Waals surface area contributed by atoms with Crippen LogP contribution in [0.3, 0.4) is 0 Å². The van der Waals surface area contributed by atoms with E-state index in [9.17, 15) is 9.59 Å². The molecule has 0 aromatic rings. The number of nitrogens with two attached hydrogens (primary N) is 2. The molecular formula is C13H25N3O2. The van der Waals surface area contributed by atoms with Crippen molar-refractivity contribution >= 4 is 11.8 Å². The Labute approximate surface area is 109 Å². The molecule has 0 heterocycles. The first-order valence-corrected chi connectivity index (χ1v) is 6.73. The average Bonchev–Trinajstić information content (AvgIpc) is 2.28. The van der Waals surface area contributed by atoms with E-state index < -0.39 is 5.91 Å². The molecule has 0 aromatic heterocycles. The van der Waals surface area contributed by atoms with E-state index in [0.717, 1.165) is 25.7 Å². The second-order valence-electron chi connectivity index (χ2n) is 5.57. The molecule has 104 valence electrons. The summed E-state index contributed by atoms with van der Waals surface area (Å²) in [5.74, 6) is -0.0154. The van der Waals surface area contributed by atoms with Crippen LogP contribution in [0, 0.1) is 5.92 Å². The Morgan fingerprint density at radius 3 is 2.22 bits per heavy atom. The predicted octanol–water partition coefficient (Wildman–Crippen LogP) is 0.616. The largest absolute Gasteiger partial charge is 0.368 e. The molecule has 0 atom stereocenters. The van der Waals surface area contributed by atoms with Gasteiger partial charge in [-0.05, 0) is 45.4 Å². The molecule has 0 aromatic carbocycles. The summed E-state index contributed by atoms with van der Waals surface area (Å²) in [7, 11) is 0. The Balaban J connectivity index is 2.48. The van der Waals surface area contributed by atoms with Crippen molar-refractivity contribution in [3.8, 4) is 0 Å². The van der Waals surface area contributed by atoms with Crippen LogP contribution in [0.4, 0.5) is 0 Å². The van der Waals surface area contributed by atoms with Gasteiger partial charge in [-0.3, -0.25) is 9.59 Å². The predicted molar refractivity (Wildman–Crippen MR) is 70.6 cm³/mol. The van der Waals surface area contributed by atoms with Gasteiger partial charge in [-0.25, -0.2) is 0 Å². The zero-order chi connectivity index (χ0) is 13.7. The van der Waals surface area contributed by atoms with Gasteiger partial charge in [0.2, 0.25) is 11.8 Å². The summed E-state index contributed by atoms with van der Waals surface area (Å²) >= 11 is 0. The number of hydrogen-bond donors (Lipinski definition) is 2. The lowest BCUT2D eigenvalue weighted by Gasteiger charge is -2.30. The fraction of sp³-hybridized carbons (Fsp3) is 0.846. The maximum Gasteiger partial charge on any atom is 0.237 e. The second kappa shape index (κ2) is 6.73. The molecule has 18 heavy (non-hydrogen) atoms. The Hall–Kier alpha value is -1.10. The number of carbonyl (C=O) groups is 2. The Bertz CT molecular complexity index is 297. The van der Waals surface area contributed by atoms with Gasteiger partial charge in [-0.15, -0.1) is 0 Å². The van der Waals surface area contributed by atoms with Crippen molar-refractivity contribution in [2.45, 2.75) is 58.0 Å². The van der Waals surface area contributed by atoms with Crippen LogP contribution in [-0.4, -0.2) is 35.3 Å². The minimum atomic E-state index is -0.456. The van der Waals surface area contributed by atoms with Gasteiger partial charge in [0.05, 0.1) is 6.54 Å². The first-order chi connectivity index (χ1) is 8.40. The molecule has 1 fully saturated rings. The molecule has 0 unspecified atom stereocenters. The number of nitrogens with zero attached hydrogens (tertiary/aromatic N) is 1. The van der Waals surface area contributed by atoms with Crippen LogP contribution in [0.1, 0.15) is 46.0 Å². The van der Waals surface area contributed by atoms with Crippen LogP contribution < -0.4 is 11.5 Å². The molecule has 0 radical (unpaired) electrons. The van der Waals surface area contributed by atoms with E-state index in [1.54, 1.807) is 4.90 Å². The highest BCUT2D eigenvalue weighted by atomic mass is 16.2. The lowest BCUT2D eigenvalue weighted by molar-refractivity contribution is -0.137. The third-order valence-corrected chi connectivity index (χ3v) is 3.62. The van der Waals surface area contributed by atoms with Crippen molar-refractivity contribution in [3.63, 3.8) is 0 Å². The van der Waals surface area contributed by atoms with Crippen molar-refractivity contribution in [2.75, 3.05) is 6.54 Å². The number of hydrogen-bond acceptors (Lipinski definition) is 3. The molecule has 2 amide bonds. The van der Waals surface area contributed by atoms with E-state index in [0.29, 0.717) is 18.4 Å². The zero-order valence-electron chi connectivity index (χ0n) is 11.4. The molecule has 1 saturated carbocycles. The molecule has 4 N–H and O–H groups in total. The Morgan fingerprint density at radius 2 is 1.78 bits per heavy atom. The monoisotopic (exact) mass is 255 g/mol. The summed E-state index contributed by atoms with van der Waals surface area (Å²) in [5, 5.41) is 0. The quantitative estimate of drug-likeness (QED) is 0.754. The lowest BCUT2D eigenvalue weighted by atomic mass is 9.84. The molecule has 1 aliphatic carbocycles. The van der Waals surface area contributed by atoms with E-state index in [2.05, 4.69) is 0 Å². The van der Waals surface area contributed by atoms with Crippen LogP contribution in [0.15, 0.2) is 0 Å². The van der Waals surface area contributed by atoms with Crippen LogP contribution in [0.2, 0.25) is 0 Å². The first-order valence-electron chi connectivity index (χ1n) is 6.73. The molecule has 0 saturated heterocycles. The average molecular weight is 255 g/mol. The summed E-state index contributed by atoms with van der Waals surface area (Å²) in [5.41, 5.74) is 11.0. The molecule has 5 nitrogen and oxygen atoms in total. The number of carbonyl (C=O) groups excluding carboxylic acids is 2. The molecule has 0 bridgehead atoms. The van der Waals surface area contributed by atoms with Crippen molar-refractivity contribution < 1.29 is 9.59 Å². The summed E-state index contributed by atoms with van der Waals surface area (Å²) in [4.78, 5) is 24.7. The van der Waals surface area contributed by atoms with Crippen molar-refractivity contribution in [1.29, 1.82) is 0 Å². The first kappa shape index (κ1) is 15.0. The zero-order valence-corrected chi connectivity index (χ0v) is 11.4. The Morgan fingerprint density at radius 1 is 1.22 bits per heavy atom. The number of rotatable bonds is 5. The minimum Gasteiger partial charge on any atom is -0.368 e. The van der Waals surface area contributed by atoms with Crippen LogP contribution >= 0.6 is 0 Å². The van der Waals surface area contributed by atoms with Gasteiger partial charge in [0, 0.05) is 18.5 Å². The van der Waals surface area contributed by atoms with E-state index >= 15 is 0 Å². The van der Waals surface area contributed by atoms with Gasteiger partial charge in [0.25, 0.3) is 0 Å². The van der Waals surface area contributed by atoms with Gasteiger partial charge in [-0.2, -0.15) is 0 Å². The van der Waals surface area contributed by atoms with E-state index in [1.165, 1.54) is 0 Å². The normalized spacial score (nSPS) is 24.0.